The van der Waals surface area contributed by atoms with E-state index in [0.29, 0.717) is 5.69 Å². The maximum atomic E-state index is 12.0. The number of carboxylic acids is 1. The summed E-state index contributed by atoms with van der Waals surface area (Å²) in [7, 11) is 0. The van der Waals surface area contributed by atoms with Crippen LogP contribution in [0.25, 0.3) is 0 Å². The van der Waals surface area contributed by atoms with Crippen molar-refractivity contribution in [1.82, 2.24) is 4.98 Å². The third kappa shape index (κ3) is 3.29. The van der Waals surface area contributed by atoms with Crippen molar-refractivity contribution in [3.8, 4) is 0 Å². The number of hydrogen-bond donors (Lipinski definition) is 3. The second kappa shape index (κ2) is 5.80. The average molecular weight is 307 g/mol. The summed E-state index contributed by atoms with van der Waals surface area (Å²) in [4.78, 5) is 37.4. The third-order valence-corrected chi connectivity index (χ3v) is 3.09. The average Bonchev–Trinajstić information content (AvgIpc) is 2.40. The number of carbonyl (C=O) groups is 2. The first-order valence-corrected chi connectivity index (χ1v) is 6.30. The van der Waals surface area contributed by atoms with E-state index in [9.17, 15) is 14.4 Å². The molecule has 2 rings (SSSR count). The molecular weight excluding hydrogens is 296 g/mol. The van der Waals surface area contributed by atoms with Gasteiger partial charge in [-0.2, -0.15) is 0 Å². The second-order valence-corrected chi connectivity index (χ2v) is 4.76. The molecule has 7 heteroatoms. The molecule has 21 heavy (non-hydrogen) atoms. The molecule has 0 atom stereocenters. The molecule has 2 aromatic rings. The highest BCUT2D eigenvalue weighted by molar-refractivity contribution is 6.34. The Morgan fingerprint density at radius 1 is 1.29 bits per heavy atom. The van der Waals surface area contributed by atoms with Gasteiger partial charge in [0, 0.05) is 18.0 Å². The van der Waals surface area contributed by atoms with Gasteiger partial charge in [-0.1, -0.05) is 11.6 Å². The molecule has 1 aromatic heterocycles. The Bertz CT molecular complexity index is 783. The number of aromatic carboxylic acids is 1. The number of nitrogens with one attached hydrogen (secondary N) is 2. The zero-order valence-corrected chi connectivity index (χ0v) is 11.7. The SMILES string of the molecule is Cc1cc(=O)c(C(=O)Nc2cc(C(=O)O)ccc2Cl)c[nH]1. The van der Waals surface area contributed by atoms with Crippen molar-refractivity contribution in [2.24, 2.45) is 0 Å². The number of H-pyrrole nitrogens is 1. The van der Waals surface area contributed by atoms with Crippen LogP contribution in [0, 0.1) is 6.92 Å². The molecule has 0 unspecified atom stereocenters. The number of aromatic nitrogens is 1. The summed E-state index contributed by atoms with van der Waals surface area (Å²) >= 11 is 5.90. The van der Waals surface area contributed by atoms with E-state index in [1.807, 2.05) is 0 Å². The summed E-state index contributed by atoms with van der Waals surface area (Å²) in [6.07, 6.45) is 1.29. The van der Waals surface area contributed by atoms with Gasteiger partial charge in [-0.05, 0) is 25.1 Å². The maximum absolute atomic E-state index is 12.0. The summed E-state index contributed by atoms with van der Waals surface area (Å²) in [5.41, 5.74) is 0.211. The number of aromatic amines is 1. The number of carboxylic acid groups (broad SMARTS) is 1. The molecule has 1 aromatic carbocycles. The van der Waals surface area contributed by atoms with Crippen LogP contribution in [0.1, 0.15) is 26.4 Å². The predicted molar refractivity (Wildman–Crippen MR) is 78.2 cm³/mol. The first-order valence-electron chi connectivity index (χ1n) is 5.92. The predicted octanol–water partition coefficient (Wildman–Crippen LogP) is 2.29. The van der Waals surface area contributed by atoms with Crippen LogP contribution in [-0.2, 0) is 0 Å². The molecule has 0 spiro atoms. The largest absolute Gasteiger partial charge is 0.478 e. The van der Waals surface area contributed by atoms with Gasteiger partial charge < -0.3 is 15.4 Å². The van der Waals surface area contributed by atoms with Gasteiger partial charge in [0.15, 0.2) is 5.43 Å². The van der Waals surface area contributed by atoms with Gasteiger partial charge in [0.2, 0.25) is 0 Å². The standard InChI is InChI=1S/C14H11ClN2O4/c1-7-4-12(18)9(6-16-7)13(19)17-11-5-8(14(20)21)2-3-10(11)15/h2-6H,1H3,(H,16,18)(H,17,19)(H,20,21). The Labute approximate surface area is 124 Å². The number of amides is 1. The molecule has 0 saturated carbocycles. The quantitative estimate of drug-likeness (QED) is 0.810. The highest BCUT2D eigenvalue weighted by atomic mass is 35.5. The Morgan fingerprint density at radius 3 is 2.62 bits per heavy atom. The van der Waals surface area contributed by atoms with E-state index < -0.39 is 17.3 Å². The van der Waals surface area contributed by atoms with Gasteiger partial charge in [0.1, 0.15) is 5.56 Å². The fraction of sp³-hybridized carbons (Fsp3) is 0.0714. The molecule has 0 aliphatic carbocycles. The van der Waals surface area contributed by atoms with Crippen LogP contribution < -0.4 is 10.7 Å². The summed E-state index contributed by atoms with van der Waals surface area (Å²) in [6.45, 7) is 1.69. The van der Waals surface area contributed by atoms with Crippen molar-refractivity contribution < 1.29 is 14.7 Å². The summed E-state index contributed by atoms with van der Waals surface area (Å²) in [5.74, 6) is -1.81. The van der Waals surface area contributed by atoms with E-state index in [4.69, 9.17) is 16.7 Å². The minimum Gasteiger partial charge on any atom is -0.478 e. The minimum atomic E-state index is -1.14. The van der Waals surface area contributed by atoms with E-state index in [1.54, 1.807) is 6.92 Å². The first-order chi connectivity index (χ1) is 9.88. The van der Waals surface area contributed by atoms with Crippen molar-refractivity contribution >= 4 is 29.2 Å². The van der Waals surface area contributed by atoms with Crippen molar-refractivity contribution in [2.75, 3.05) is 5.32 Å². The van der Waals surface area contributed by atoms with Crippen LogP contribution in [0.5, 0.6) is 0 Å². The van der Waals surface area contributed by atoms with E-state index in [-0.39, 0.29) is 21.8 Å². The number of benzene rings is 1. The molecule has 0 aliphatic rings. The van der Waals surface area contributed by atoms with Gasteiger partial charge in [-0.25, -0.2) is 4.79 Å². The Hall–Kier alpha value is -2.60. The summed E-state index contributed by atoms with van der Waals surface area (Å²) in [6, 6.07) is 5.20. The zero-order valence-electron chi connectivity index (χ0n) is 10.9. The Kier molecular flexibility index (Phi) is 4.09. The molecule has 0 bridgehead atoms. The number of aryl methyl sites for hydroxylation is 1. The summed E-state index contributed by atoms with van der Waals surface area (Å²) in [5, 5.41) is 11.5. The van der Waals surface area contributed by atoms with Crippen LogP contribution in [-0.4, -0.2) is 22.0 Å². The number of halogens is 1. The van der Waals surface area contributed by atoms with Crippen LogP contribution >= 0.6 is 11.6 Å². The van der Waals surface area contributed by atoms with Gasteiger partial charge in [0.05, 0.1) is 16.3 Å². The van der Waals surface area contributed by atoms with E-state index in [2.05, 4.69) is 10.3 Å². The molecule has 0 radical (unpaired) electrons. The lowest BCUT2D eigenvalue weighted by molar-refractivity contribution is 0.0696. The molecular formula is C14H11ClN2O4. The lowest BCUT2D eigenvalue weighted by Crippen LogP contribution is -2.21. The van der Waals surface area contributed by atoms with E-state index >= 15 is 0 Å². The lowest BCUT2D eigenvalue weighted by atomic mass is 10.2. The van der Waals surface area contributed by atoms with Gasteiger partial charge in [-0.3, -0.25) is 9.59 Å². The monoisotopic (exact) mass is 306 g/mol. The second-order valence-electron chi connectivity index (χ2n) is 4.35. The van der Waals surface area contributed by atoms with Gasteiger partial charge in [-0.15, -0.1) is 0 Å². The normalized spacial score (nSPS) is 10.2. The number of anilines is 1. The molecule has 3 N–H and O–H groups in total. The fourth-order valence-corrected chi connectivity index (χ4v) is 1.86. The van der Waals surface area contributed by atoms with Gasteiger partial charge >= 0.3 is 5.97 Å². The van der Waals surface area contributed by atoms with Crippen molar-refractivity contribution in [3.63, 3.8) is 0 Å². The highest BCUT2D eigenvalue weighted by Gasteiger charge is 2.14. The Morgan fingerprint density at radius 2 is 2.00 bits per heavy atom. The lowest BCUT2D eigenvalue weighted by Gasteiger charge is -2.08. The van der Waals surface area contributed by atoms with Crippen LogP contribution in [0.2, 0.25) is 5.02 Å². The van der Waals surface area contributed by atoms with Crippen molar-refractivity contribution in [3.05, 3.63) is 62.5 Å². The molecule has 0 aliphatic heterocycles. The highest BCUT2D eigenvalue weighted by Crippen LogP contribution is 2.23. The number of rotatable bonds is 3. The topological polar surface area (TPSA) is 99.3 Å². The molecule has 108 valence electrons. The molecule has 0 saturated heterocycles. The van der Waals surface area contributed by atoms with Crippen molar-refractivity contribution in [1.29, 1.82) is 0 Å². The van der Waals surface area contributed by atoms with Crippen molar-refractivity contribution in [2.45, 2.75) is 6.92 Å². The Balaban J connectivity index is 2.33. The number of pyridine rings is 1. The fourth-order valence-electron chi connectivity index (χ4n) is 1.69. The molecule has 0 fully saturated rings. The molecule has 1 heterocycles. The minimum absolute atomic E-state index is 0.0208. The first kappa shape index (κ1) is 14.8. The summed E-state index contributed by atoms with van der Waals surface area (Å²) < 4.78 is 0. The van der Waals surface area contributed by atoms with Gasteiger partial charge in [0.25, 0.3) is 5.91 Å². The van der Waals surface area contributed by atoms with E-state index in [0.717, 1.165) is 0 Å². The smallest absolute Gasteiger partial charge is 0.335 e. The van der Waals surface area contributed by atoms with E-state index in [1.165, 1.54) is 30.5 Å². The van der Waals surface area contributed by atoms with Crippen LogP contribution in [0.4, 0.5) is 5.69 Å². The maximum Gasteiger partial charge on any atom is 0.335 e. The molecule has 6 nitrogen and oxygen atoms in total. The third-order valence-electron chi connectivity index (χ3n) is 2.76. The molecule has 1 amide bonds. The van der Waals surface area contributed by atoms with Crippen LogP contribution in [0.3, 0.4) is 0 Å². The number of hydrogen-bond acceptors (Lipinski definition) is 3. The zero-order chi connectivity index (χ0) is 15.6. The van der Waals surface area contributed by atoms with Crippen LogP contribution in [0.15, 0.2) is 35.3 Å². The number of carbonyl (C=O) groups excluding carboxylic acids is 1.